The molecular formula is C32H45F3N10O17P2. The van der Waals surface area contributed by atoms with Crippen molar-refractivity contribution in [3.8, 4) is 0 Å². The zero-order chi connectivity index (χ0) is 47.4. The molecule has 10 N–H and O–H groups in total. The number of carbonyl (C=O) groups is 3. The average Bonchev–Trinajstić information content (AvgIpc) is 3.86. The summed E-state index contributed by atoms with van der Waals surface area (Å²) in [5.74, 6) is -3.64. The number of imidazole rings is 1. The summed E-state index contributed by atoms with van der Waals surface area (Å²) in [5.41, 5.74) is 9.58. The Morgan fingerprint density at radius 3 is 2.38 bits per heavy atom. The molecule has 0 bridgehead atoms. The predicted molar refractivity (Wildman–Crippen MR) is 206 cm³/mol. The molecule has 27 nitrogen and oxygen atoms in total. The van der Waals surface area contributed by atoms with E-state index in [1.54, 1.807) is 5.32 Å². The van der Waals surface area contributed by atoms with Crippen molar-refractivity contribution in [2.24, 2.45) is 0 Å². The lowest BCUT2D eigenvalue weighted by Crippen LogP contribution is -2.47. The number of nitrogens with two attached hydrogens (primary N) is 2. The Balaban J connectivity index is 1.36. The first-order chi connectivity index (χ1) is 29.7. The molecule has 2 aliphatic rings. The molecule has 5 heterocycles. The second kappa shape index (κ2) is 20.1. The number of ether oxygens (including phenoxy) is 4. The van der Waals surface area contributed by atoms with E-state index >= 15 is 0 Å². The van der Waals surface area contributed by atoms with Crippen LogP contribution in [0.3, 0.4) is 0 Å². The number of rotatable bonds is 18. The van der Waals surface area contributed by atoms with Crippen molar-refractivity contribution in [3.05, 3.63) is 35.4 Å². The summed E-state index contributed by atoms with van der Waals surface area (Å²) in [7, 11) is -10.4. The molecule has 0 spiro atoms. The summed E-state index contributed by atoms with van der Waals surface area (Å²) < 4.78 is 103. The monoisotopic (exact) mass is 960 g/mol. The number of unbranched alkanes of at least 4 members (excludes halogenated alkanes) is 1. The summed E-state index contributed by atoms with van der Waals surface area (Å²) >= 11 is 0. The zero-order valence-electron chi connectivity index (χ0n) is 33.8. The third kappa shape index (κ3) is 13.6. The van der Waals surface area contributed by atoms with Gasteiger partial charge in [-0.05, 0) is 46.1 Å². The van der Waals surface area contributed by atoms with Crippen LogP contribution in [0, 0.1) is 0 Å². The number of nitrogens with one attached hydrogen (secondary N) is 2. The van der Waals surface area contributed by atoms with Gasteiger partial charge in [0.25, 0.3) is 0 Å². The van der Waals surface area contributed by atoms with Gasteiger partial charge in [0.1, 0.15) is 59.9 Å². The first kappa shape index (κ1) is 50.1. The number of aromatic nitrogens is 6. The number of hydrogen-bond acceptors (Lipinski definition) is 20. The maximum absolute atomic E-state index is 13.8. The molecule has 3 aromatic rings. The van der Waals surface area contributed by atoms with Crippen molar-refractivity contribution in [2.45, 2.75) is 107 Å². The summed E-state index contributed by atoms with van der Waals surface area (Å²) in [6, 6.07) is -0.359. The standard InChI is InChI=1S/C32H45F3N10O17P2/c1-31(2,3)61-30(50)42-15(6-4-5-8-38-28(48)32(33,34)35)27(47)60-23-18(59-26(22(23)46)45-14-41-21-24(37)39-13-40-25(21)45)12-57-64(54,55)62-16-10-20(44-9-7-19(36)43-29(44)49)58-17(16)11-56-63(51,52)53/h7,9,13-18,20,22-23,26,46H,4-6,8,10-12H2,1-3H3,(H,38,48)(H,42,50)(H,54,55)(H2,36,43,49)(H2,37,39,40)(H2,51,52,53)/t15-,16+,17-,18?,20-,22?,23?,26?/m1/s1. The molecule has 64 heavy (non-hydrogen) atoms. The number of anilines is 2. The minimum absolute atomic E-state index is 0.0243. The highest BCUT2D eigenvalue weighted by molar-refractivity contribution is 7.47. The fourth-order valence-corrected chi connectivity index (χ4v) is 7.59. The number of phosphoric ester groups is 2. The van der Waals surface area contributed by atoms with Gasteiger partial charge in [-0.15, -0.1) is 0 Å². The van der Waals surface area contributed by atoms with Crippen LogP contribution in [-0.4, -0.2) is 135 Å². The van der Waals surface area contributed by atoms with E-state index in [9.17, 15) is 61.3 Å². The van der Waals surface area contributed by atoms with Crippen molar-refractivity contribution in [2.75, 3.05) is 31.2 Å². The SMILES string of the molecule is CC(C)(C)OC(=O)N[C@H](CCCCNC(=O)C(F)(F)F)C(=O)OC1C(COP(=O)(O)O[C@H]2C[C@H](n3ccc(N)nc3=O)O[C@@H]2COP(=O)(O)O)OC(n2cnc3c(N)ncnc32)C1O. The minimum Gasteiger partial charge on any atom is -0.455 e. The Kier molecular flexibility index (Phi) is 15.8. The van der Waals surface area contributed by atoms with E-state index in [-0.39, 0.29) is 42.1 Å². The largest absolute Gasteiger partial charge is 0.472 e. The van der Waals surface area contributed by atoms with Gasteiger partial charge in [-0.1, -0.05) is 0 Å². The molecule has 32 heteroatoms. The van der Waals surface area contributed by atoms with Gasteiger partial charge < -0.3 is 60.8 Å². The van der Waals surface area contributed by atoms with Gasteiger partial charge in [0, 0.05) is 19.2 Å². The van der Waals surface area contributed by atoms with Crippen LogP contribution in [0.25, 0.3) is 11.2 Å². The fourth-order valence-electron chi connectivity index (χ4n) is 6.29. The second-order valence-electron chi connectivity index (χ2n) is 15.1. The lowest BCUT2D eigenvalue weighted by molar-refractivity contribution is -0.173. The van der Waals surface area contributed by atoms with Gasteiger partial charge in [0.05, 0.1) is 19.5 Å². The van der Waals surface area contributed by atoms with Crippen LogP contribution in [0.4, 0.5) is 29.6 Å². The molecule has 2 aliphatic heterocycles. The Morgan fingerprint density at radius 2 is 1.72 bits per heavy atom. The first-order valence-corrected chi connectivity index (χ1v) is 21.9. The number of aliphatic hydroxyl groups is 1. The molecule has 356 valence electrons. The van der Waals surface area contributed by atoms with Crippen molar-refractivity contribution in [3.63, 3.8) is 0 Å². The van der Waals surface area contributed by atoms with Crippen molar-refractivity contribution in [1.82, 2.24) is 39.7 Å². The highest BCUT2D eigenvalue weighted by atomic mass is 31.2. The summed E-state index contributed by atoms with van der Waals surface area (Å²) in [6.45, 7) is 2.20. The van der Waals surface area contributed by atoms with Crippen LogP contribution in [0.15, 0.2) is 29.7 Å². The van der Waals surface area contributed by atoms with E-state index in [1.807, 2.05) is 0 Å². The number of alkyl halides is 3. The molecule has 2 amide bonds. The number of esters is 1. The molecule has 2 saturated heterocycles. The van der Waals surface area contributed by atoms with Crippen LogP contribution < -0.4 is 27.8 Å². The summed E-state index contributed by atoms with van der Waals surface area (Å²) in [6.07, 6.45) is -14.9. The van der Waals surface area contributed by atoms with Gasteiger partial charge in [0.2, 0.25) is 0 Å². The number of fused-ring (bicyclic) bond motifs is 1. The Morgan fingerprint density at radius 1 is 1.02 bits per heavy atom. The predicted octanol–water partition coefficient (Wildman–Crippen LogP) is 0.0588. The average molecular weight is 961 g/mol. The molecule has 0 aliphatic carbocycles. The van der Waals surface area contributed by atoms with Gasteiger partial charge in [-0.25, -0.2) is 38.5 Å². The number of carbonyl (C=O) groups excluding carboxylic acids is 3. The maximum atomic E-state index is 13.8. The van der Waals surface area contributed by atoms with Crippen LogP contribution in [-0.2, 0) is 51.2 Å². The van der Waals surface area contributed by atoms with Crippen LogP contribution in [0.5, 0.6) is 0 Å². The molecule has 5 rings (SSSR count). The molecular weight excluding hydrogens is 915 g/mol. The number of nitrogen functional groups attached to an aromatic ring is 2. The van der Waals surface area contributed by atoms with E-state index in [2.05, 4.69) is 29.8 Å². The molecule has 0 aromatic carbocycles. The van der Waals surface area contributed by atoms with Crippen LogP contribution in [0.1, 0.15) is 58.9 Å². The number of hydrogen-bond donors (Lipinski definition) is 8. The third-order valence-electron chi connectivity index (χ3n) is 9.08. The number of aliphatic hydroxyl groups excluding tert-OH is 1. The normalized spacial score (nSPS) is 24.2. The smallest absolute Gasteiger partial charge is 0.455 e. The van der Waals surface area contributed by atoms with E-state index in [0.29, 0.717) is 0 Å². The van der Waals surface area contributed by atoms with E-state index < -0.39 is 126 Å². The number of amides is 2. The molecule has 0 saturated carbocycles. The van der Waals surface area contributed by atoms with Gasteiger partial charge >= 0.3 is 45.5 Å². The number of halogens is 3. The molecule has 2 fully saturated rings. The van der Waals surface area contributed by atoms with E-state index in [0.717, 1.165) is 17.2 Å². The number of nitrogens with zero attached hydrogens (tertiary/aromatic N) is 6. The van der Waals surface area contributed by atoms with Gasteiger partial charge in [-0.2, -0.15) is 18.2 Å². The lowest BCUT2D eigenvalue weighted by Gasteiger charge is -2.26. The topological polar surface area (TPSA) is 385 Å². The van der Waals surface area contributed by atoms with Crippen molar-refractivity contribution < 1.29 is 89.0 Å². The molecule has 9 atom stereocenters. The minimum atomic E-state index is -5.32. The van der Waals surface area contributed by atoms with Crippen LogP contribution in [0.2, 0.25) is 0 Å². The van der Waals surface area contributed by atoms with Crippen molar-refractivity contribution >= 4 is 56.4 Å². The summed E-state index contributed by atoms with van der Waals surface area (Å²) in [4.78, 5) is 95.4. The number of alkyl carbamates (subject to hydrolysis) is 1. The Hall–Kier alpha value is -4.87. The van der Waals surface area contributed by atoms with Crippen molar-refractivity contribution in [1.29, 1.82) is 0 Å². The summed E-state index contributed by atoms with van der Waals surface area (Å²) in [5, 5.41) is 15.6. The highest BCUT2D eigenvalue weighted by Crippen LogP contribution is 2.50. The lowest BCUT2D eigenvalue weighted by atomic mass is 10.1. The molecule has 3 aromatic heterocycles. The molecule has 5 unspecified atom stereocenters. The Bertz CT molecular complexity index is 2310. The third-order valence-corrected chi connectivity index (χ3v) is 10.6. The highest BCUT2D eigenvalue weighted by Gasteiger charge is 2.50. The second-order valence-corrected chi connectivity index (χ2v) is 17.7. The quantitative estimate of drug-likeness (QED) is 0.0474. The maximum Gasteiger partial charge on any atom is 0.472 e. The van der Waals surface area contributed by atoms with Gasteiger partial charge in [-0.3, -0.25) is 27.5 Å². The first-order valence-electron chi connectivity index (χ1n) is 18.9. The molecule has 0 radical (unpaired) electrons. The Labute approximate surface area is 358 Å². The van der Waals surface area contributed by atoms with E-state index in [1.165, 1.54) is 37.6 Å². The van der Waals surface area contributed by atoms with Crippen LogP contribution >= 0.6 is 15.6 Å². The fraction of sp³-hybridized carbons (Fsp3) is 0.625. The zero-order valence-corrected chi connectivity index (χ0v) is 35.6. The van der Waals surface area contributed by atoms with Gasteiger partial charge in [0.15, 0.2) is 23.8 Å². The van der Waals surface area contributed by atoms with E-state index in [4.69, 9.17) is 39.5 Å². The number of phosphoric acid groups is 2.